The Morgan fingerprint density at radius 1 is 1.26 bits per heavy atom. The Bertz CT molecular complexity index is 781. The Kier molecular flexibility index (Phi) is 2.45. The standard InChI is InChI=1S/C12H9N5O2/c1-16-7-8(5-14-16)12-6-13-10-3-2-9(17(18)19)4-11(10)15-12/h2-7H,1H3. The lowest BCUT2D eigenvalue weighted by Crippen LogP contribution is -1.91. The van der Waals surface area contributed by atoms with E-state index in [2.05, 4.69) is 15.1 Å². The van der Waals surface area contributed by atoms with Crippen LogP contribution in [-0.4, -0.2) is 24.7 Å². The Morgan fingerprint density at radius 3 is 2.79 bits per heavy atom. The zero-order chi connectivity index (χ0) is 13.4. The van der Waals surface area contributed by atoms with Crippen LogP contribution in [0.3, 0.4) is 0 Å². The van der Waals surface area contributed by atoms with E-state index in [0.29, 0.717) is 16.7 Å². The number of aromatic nitrogens is 4. The van der Waals surface area contributed by atoms with Gasteiger partial charge in [0.15, 0.2) is 0 Å². The lowest BCUT2D eigenvalue weighted by Gasteiger charge is -2.00. The second-order valence-corrected chi connectivity index (χ2v) is 4.09. The molecule has 3 aromatic rings. The molecule has 0 aliphatic carbocycles. The SMILES string of the molecule is Cn1cc(-c2cnc3ccc([N+](=O)[O-])cc3n2)cn1. The largest absolute Gasteiger partial charge is 0.275 e. The van der Waals surface area contributed by atoms with Crippen LogP contribution in [0.5, 0.6) is 0 Å². The molecule has 0 radical (unpaired) electrons. The van der Waals surface area contributed by atoms with Gasteiger partial charge in [-0.15, -0.1) is 0 Å². The van der Waals surface area contributed by atoms with Crippen molar-refractivity contribution in [2.24, 2.45) is 7.05 Å². The molecule has 0 unspecified atom stereocenters. The molecule has 0 fully saturated rings. The van der Waals surface area contributed by atoms with E-state index in [1.165, 1.54) is 12.1 Å². The maximum absolute atomic E-state index is 10.7. The summed E-state index contributed by atoms with van der Waals surface area (Å²) in [6.45, 7) is 0. The molecule has 94 valence electrons. The van der Waals surface area contributed by atoms with Crippen molar-refractivity contribution in [1.29, 1.82) is 0 Å². The van der Waals surface area contributed by atoms with Crippen molar-refractivity contribution < 1.29 is 4.92 Å². The van der Waals surface area contributed by atoms with Crippen LogP contribution < -0.4 is 0 Å². The molecular weight excluding hydrogens is 246 g/mol. The smallest absolute Gasteiger partial charge is 0.271 e. The number of aryl methyl sites for hydroxylation is 1. The minimum atomic E-state index is -0.447. The first kappa shape index (κ1) is 11.3. The van der Waals surface area contributed by atoms with Crippen molar-refractivity contribution in [2.45, 2.75) is 0 Å². The van der Waals surface area contributed by atoms with E-state index in [-0.39, 0.29) is 5.69 Å². The quantitative estimate of drug-likeness (QED) is 0.516. The second-order valence-electron chi connectivity index (χ2n) is 4.09. The van der Waals surface area contributed by atoms with Gasteiger partial charge in [-0.1, -0.05) is 0 Å². The molecule has 0 saturated carbocycles. The maximum atomic E-state index is 10.7. The van der Waals surface area contributed by atoms with Gasteiger partial charge in [0.25, 0.3) is 5.69 Å². The van der Waals surface area contributed by atoms with Gasteiger partial charge in [-0.3, -0.25) is 19.8 Å². The second kappa shape index (κ2) is 4.13. The van der Waals surface area contributed by atoms with Crippen LogP contribution in [0, 0.1) is 10.1 Å². The van der Waals surface area contributed by atoms with Gasteiger partial charge in [-0.05, 0) is 6.07 Å². The molecular formula is C12H9N5O2. The Balaban J connectivity index is 2.16. The van der Waals surface area contributed by atoms with Gasteiger partial charge in [0.05, 0.1) is 34.0 Å². The Labute approximate surface area is 107 Å². The summed E-state index contributed by atoms with van der Waals surface area (Å²) in [5.74, 6) is 0. The third-order valence-corrected chi connectivity index (χ3v) is 2.74. The summed E-state index contributed by atoms with van der Waals surface area (Å²) in [7, 11) is 1.81. The molecule has 1 aromatic carbocycles. The summed E-state index contributed by atoms with van der Waals surface area (Å²) in [5, 5.41) is 14.8. The lowest BCUT2D eigenvalue weighted by atomic mass is 10.2. The average Bonchev–Trinajstić information content (AvgIpc) is 2.84. The molecule has 0 amide bonds. The van der Waals surface area contributed by atoms with E-state index in [1.54, 1.807) is 23.1 Å². The van der Waals surface area contributed by atoms with Gasteiger partial charge < -0.3 is 0 Å². The molecule has 19 heavy (non-hydrogen) atoms. The van der Waals surface area contributed by atoms with Crippen molar-refractivity contribution in [2.75, 3.05) is 0 Å². The van der Waals surface area contributed by atoms with Gasteiger partial charge in [-0.25, -0.2) is 4.98 Å². The summed E-state index contributed by atoms with van der Waals surface area (Å²) in [6, 6.07) is 4.43. The fourth-order valence-electron chi connectivity index (χ4n) is 1.81. The number of hydrogen-bond donors (Lipinski definition) is 0. The van der Waals surface area contributed by atoms with Crippen LogP contribution in [0.15, 0.2) is 36.8 Å². The molecule has 0 saturated heterocycles. The highest BCUT2D eigenvalue weighted by molar-refractivity contribution is 5.79. The van der Waals surface area contributed by atoms with E-state index < -0.39 is 4.92 Å². The molecule has 2 heterocycles. The van der Waals surface area contributed by atoms with Crippen molar-refractivity contribution in [3.05, 3.63) is 46.9 Å². The molecule has 0 aliphatic rings. The first-order chi connectivity index (χ1) is 9.13. The summed E-state index contributed by atoms with van der Waals surface area (Å²) < 4.78 is 1.66. The van der Waals surface area contributed by atoms with Crippen LogP contribution in [0.2, 0.25) is 0 Å². The van der Waals surface area contributed by atoms with Crippen LogP contribution >= 0.6 is 0 Å². The zero-order valence-corrected chi connectivity index (χ0v) is 10.0. The first-order valence-electron chi connectivity index (χ1n) is 5.54. The van der Waals surface area contributed by atoms with Crippen LogP contribution in [0.4, 0.5) is 5.69 Å². The first-order valence-corrected chi connectivity index (χ1v) is 5.54. The number of hydrogen-bond acceptors (Lipinski definition) is 5. The number of nitro benzene ring substituents is 1. The van der Waals surface area contributed by atoms with E-state index >= 15 is 0 Å². The van der Waals surface area contributed by atoms with Crippen molar-refractivity contribution in [3.8, 4) is 11.3 Å². The van der Waals surface area contributed by atoms with Crippen LogP contribution in [0.1, 0.15) is 0 Å². The van der Waals surface area contributed by atoms with Crippen LogP contribution in [0.25, 0.3) is 22.3 Å². The fourth-order valence-corrected chi connectivity index (χ4v) is 1.81. The highest BCUT2D eigenvalue weighted by Gasteiger charge is 2.09. The number of rotatable bonds is 2. The van der Waals surface area contributed by atoms with Crippen molar-refractivity contribution in [1.82, 2.24) is 19.7 Å². The molecule has 0 bridgehead atoms. The topological polar surface area (TPSA) is 86.7 Å². The zero-order valence-electron chi connectivity index (χ0n) is 10.0. The number of nitrogens with zero attached hydrogens (tertiary/aromatic N) is 5. The summed E-state index contributed by atoms with van der Waals surface area (Å²) in [4.78, 5) is 18.9. The number of fused-ring (bicyclic) bond motifs is 1. The van der Waals surface area contributed by atoms with Gasteiger partial charge >= 0.3 is 0 Å². The third kappa shape index (κ3) is 2.01. The molecule has 3 rings (SSSR count). The monoisotopic (exact) mass is 255 g/mol. The summed E-state index contributed by atoms with van der Waals surface area (Å²) in [6.07, 6.45) is 5.12. The number of non-ortho nitro benzene ring substituents is 1. The highest BCUT2D eigenvalue weighted by atomic mass is 16.6. The molecule has 0 spiro atoms. The normalized spacial score (nSPS) is 10.8. The van der Waals surface area contributed by atoms with E-state index in [1.807, 2.05) is 13.2 Å². The van der Waals surface area contributed by atoms with E-state index in [0.717, 1.165) is 5.56 Å². The van der Waals surface area contributed by atoms with Gasteiger partial charge in [-0.2, -0.15) is 5.10 Å². The van der Waals surface area contributed by atoms with Crippen LogP contribution in [-0.2, 0) is 7.05 Å². The highest BCUT2D eigenvalue weighted by Crippen LogP contribution is 2.21. The van der Waals surface area contributed by atoms with Gasteiger partial charge in [0.2, 0.25) is 0 Å². The molecule has 7 nitrogen and oxygen atoms in total. The lowest BCUT2D eigenvalue weighted by molar-refractivity contribution is -0.384. The van der Waals surface area contributed by atoms with Crippen molar-refractivity contribution in [3.63, 3.8) is 0 Å². The molecule has 0 atom stereocenters. The van der Waals surface area contributed by atoms with E-state index in [9.17, 15) is 10.1 Å². The van der Waals surface area contributed by atoms with Gasteiger partial charge in [0, 0.05) is 30.9 Å². The number of benzene rings is 1. The predicted octanol–water partition coefficient (Wildman–Crippen LogP) is 1.94. The molecule has 2 aromatic heterocycles. The fraction of sp³-hybridized carbons (Fsp3) is 0.0833. The maximum Gasteiger partial charge on any atom is 0.271 e. The molecule has 0 N–H and O–H groups in total. The third-order valence-electron chi connectivity index (χ3n) is 2.74. The Morgan fingerprint density at radius 2 is 2.11 bits per heavy atom. The van der Waals surface area contributed by atoms with Gasteiger partial charge in [0.1, 0.15) is 0 Å². The molecule has 0 aliphatic heterocycles. The summed E-state index contributed by atoms with van der Waals surface area (Å²) >= 11 is 0. The predicted molar refractivity (Wildman–Crippen MR) is 68.4 cm³/mol. The summed E-state index contributed by atoms with van der Waals surface area (Å²) in [5.41, 5.74) is 2.59. The minimum Gasteiger partial charge on any atom is -0.275 e. The molecule has 7 heteroatoms. The van der Waals surface area contributed by atoms with Crippen molar-refractivity contribution >= 4 is 16.7 Å². The minimum absolute atomic E-state index is 0.00476. The Hall–Kier alpha value is -2.83. The van der Waals surface area contributed by atoms with E-state index in [4.69, 9.17) is 0 Å². The average molecular weight is 255 g/mol. The number of nitro groups is 1.